The lowest BCUT2D eigenvalue weighted by Crippen LogP contribution is -2.56. The van der Waals surface area contributed by atoms with Gasteiger partial charge in [-0.25, -0.2) is 4.79 Å². The van der Waals surface area contributed by atoms with Gasteiger partial charge in [-0.2, -0.15) is 0 Å². The van der Waals surface area contributed by atoms with Crippen molar-refractivity contribution in [3.63, 3.8) is 0 Å². The quantitative estimate of drug-likeness (QED) is 0.447. The first-order valence-electron chi connectivity index (χ1n) is 14.0. The molecule has 1 aliphatic carbocycles. The number of methoxy groups -OCH3 is 1. The molecule has 0 spiro atoms. The van der Waals surface area contributed by atoms with Crippen molar-refractivity contribution >= 4 is 29.3 Å². The number of halogens is 1. The fraction of sp³-hybridized carbons (Fsp3) is 0.469. The van der Waals surface area contributed by atoms with Crippen LogP contribution in [0.3, 0.4) is 0 Å². The van der Waals surface area contributed by atoms with Crippen molar-refractivity contribution in [2.24, 2.45) is 23.7 Å². The van der Waals surface area contributed by atoms with Crippen molar-refractivity contribution in [2.75, 3.05) is 7.11 Å². The van der Waals surface area contributed by atoms with Crippen molar-refractivity contribution in [2.45, 2.75) is 64.3 Å². The highest BCUT2D eigenvalue weighted by Crippen LogP contribution is 2.60. The fourth-order valence-corrected chi connectivity index (χ4v) is 6.48. The molecule has 1 aromatic rings. The molecule has 42 heavy (non-hydrogen) atoms. The van der Waals surface area contributed by atoms with Gasteiger partial charge in [0.25, 0.3) is 0 Å². The number of fused-ring (bicyclic) bond motifs is 5. The Morgan fingerprint density at radius 2 is 1.83 bits per heavy atom. The number of cyclic esters (lactones) is 1. The van der Waals surface area contributed by atoms with Crippen LogP contribution in [0.4, 0.5) is 0 Å². The van der Waals surface area contributed by atoms with E-state index in [0.717, 1.165) is 0 Å². The van der Waals surface area contributed by atoms with Crippen molar-refractivity contribution in [3.05, 3.63) is 82.3 Å². The highest BCUT2D eigenvalue weighted by Gasteiger charge is 2.72. The third-order valence-corrected chi connectivity index (χ3v) is 9.34. The van der Waals surface area contributed by atoms with Gasteiger partial charge in [-0.15, -0.1) is 0 Å². The number of hydrogen-bond acceptors (Lipinski definition) is 9. The van der Waals surface area contributed by atoms with Gasteiger partial charge in [0.1, 0.15) is 29.5 Å². The summed E-state index contributed by atoms with van der Waals surface area (Å²) in [6.45, 7) is 8.60. The second kappa shape index (κ2) is 11.1. The zero-order valence-corrected chi connectivity index (χ0v) is 25.1. The van der Waals surface area contributed by atoms with Crippen LogP contribution in [0.1, 0.15) is 46.3 Å². The lowest BCUT2D eigenvalue weighted by molar-refractivity contribution is -0.286. The van der Waals surface area contributed by atoms with Gasteiger partial charge in [0.2, 0.25) is 5.78 Å². The Kier molecular flexibility index (Phi) is 8.00. The molecule has 2 fully saturated rings. The molecule has 1 aromatic carbocycles. The standard InChI is InChI=1S/C32H35ClO9/c1-16(18(3)40-30(36)27(38-6)20-10-8-7-9-11-20)12-13-21-14-22-23(15-39-21)24-25-29(35)41-19(4)17(2)32(25,37)42-31(24,5)28(34)26(22)33/h7-19,24-25,27,37H,1-6H3/b13-12+/t16-,17-,18-,19-,24-,25+,27+,31-,32-/m1/s1. The first kappa shape index (κ1) is 30.2. The summed E-state index contributed by atoms with van der Waals surface area (Å²) >= 11 is 6.59. The maximum Gasteiger partial charge on any atom is 0.340 e. The van der Waals surface area contributed by atoms with Gasteiger partial charge in [-0.05, 0) is 38.5 Å². The third-order valence-electron chi connectivity index (χ3n) is 8.96. The highest BCUT2D eigenvalue weighted by molar-refractivity contribution is 6.45. The number of ether oxygens (including phenoxy) is 5. The topological polar surface area (TPSA) is 118 Å². The van der Waals surface area contributed by atoms with Crippen LogP contribution in [0.2, 0.25) is 0 Å². The van der Waals surface area contributed by atoms with E-state index >= 15 is 0 Å². The molecule has 0 unspecified atom stereocenters. The molecule has 3 heterocycles. The van der Waals surface area contributed by atoms with Crippen LogP contribution in [-0.2, 0) is 38.1 Å². The first-order chi connectivity index (χ1) is 19.8. The number of Topliss-reactive ketones (excluding diaryl/α,β-unsaturated/α-hetero) is 1. The molecule has 9 atom stereocenters. The van der Waals surface area contributed by atoms with Crippen LogP contribution in [0.25, 0.3) is 0 Å². The number of rotatable bonds is 7. The summed E-state index contributed by atoms with van der Waals surface area (Å²) in [4.78, 5) is 39.4. The minimum atomic E-state index is -1.91. The minimum Gasteiger partial charge on any atom is -0.465 e. The van der Waals surface area contributed by atoms with Crippen LogP contribution in [0.15, 0.2) is 76.8 Å². The smallest absolute Gasteiger partial charge is 0.340 e. The molecular formula is C32H35ClO9. The molecule has 0 radical (unpaired) electrons. The molecular weight excluding hydrogens is 564 g/mol. The number of benzene rings is 1. The van der Waals surface area contributed by atoms with E-state index < -0.39 is 65.2 Å². The second-order valence-electron chi connectivity index (χ2n) is 11.5. The summed E-state index contributed by atoms with van der Waals surface area (Å²) in [5.41, 5.74) is -0.0225. The molecule has 2 saturated heterocycles. The summed E-state index contributed by atoms with van der Waals surface area (Å²) in [7, 11) is 1.45. The first-order valence-corrected chi connectivity index (χ1v) is 14.3. The molecule has 0 aromatic heterocycles. The maximum atomic E-state index is 13.6. The van der Waals surface area contributed by atoms with Crippen molar-refractivity contribution in [1.29, 1.82) is 0 Å². The van der Waals surface area contributed by atoms with E-state index in [1.165, 1.54) is 20.3 Å². The van der Waals surface area contributed by atoms with Crippen LogP contribution in [0.5, 0.6) is 0 Å². The van der Waals surface area contributed by atoms with Gasteiger partial charge in [0.05, 0.1) is 11.3 Å². The van der Waals surface area contributed by atoms with E-state index in [9.17, 15) is 19.5 Å². The average molecular weight is 599 g/mol. The average Bonchev–Trinajstić information content (AvgIpc) is 3.23. The Balaban J connectivity index is 1.34. The van der Waals surface area contributed by atoms with Gasteiger partial charge in [-0.3, -0.25) is 9.59 Å². The molecule has 5 rings (SSSR count). The zero-order valence-electron chi connectivity index (χ0n) is 24.3. The van der Waals surface area contributed by atoms with Crippen molar-refractivity contribution in [3.8, 4) is 0 Å². The molecule has 0 saturated carbocycles. The lowest BCUT2D eigenvalue weighted by atomic mass is 9.65. The second-order valence-corrected chi connectivity index (χ2v) is 11.9. The van der Waals surface area contributed by atoms with E-state index in [2.05, 4.69) is 0 Å². The van der Waals surface area contributed by atoms with Crippen LogP contribution >= 0.6 is 11.6 Å². The Morgan fingerprint density at radius 3 is 2.50 bits per heavy atom. The Bertz CT molecular complexity index is 1410. The molecule has 0 amide bonds. The zero-order chi connectivity index (χ0) is 30.6. The van der Waals surface area contributed by atoms with Gasteiger partial charge >= 0.3 is 11.9 Å². The Labute approximate surface area is 249 Å². The molecule has 224 valence electrons. The van der Waals surface area contributed by atoms with Gasteiger partial charge < -0.3 is 28.8 Å². The Hall–Kier alpha value is -3.24. The Morgan fingerprint density at radius 1 is 1.14 bits per heavy atom. The summed E-state index contributed by atoms with van der Waals surface area (Å²) in [5, 5.41) is 11.5. The summed E-state index contributed by atoms with van der Waals surface area (Å²) in [6, 6.07) is 9.10. The van der Waals surface area contributed by atoms with Crippen LogP contribution < -0.4 is 0 Å². The van der Waals surface area contributed by atoms with Crippen LogP contribution in [-0.4, -0.2) is 53.5 Å². The summed E-state index contributed by atoms with van der Waals surface area (Å²) < 4.78 is 28.5. The molecule has 10 heteroatoms. The maximum absolute atomic E-state index is 13.6. The highest BCUT2D eigenvalue weighted by atomic mass is 35.5. The van der Waals surface area contributed by atoms with E-state index in [1.54, 1.807) is 45.1 Å². The molecule has 9 nitrogen and oxygen atoms in total. The summed E-state index contributed by atoms with van der Waals surface area (Å²) in [5.74, 6) is -5.99. The largest absolute Gasteiger partial charge is 0.465 e. The minimum absolute atomic E-state index is 0.0765. The number of esters is 2. The van der Waals surface area contributed by atoms with E-state index in [1.807, 2.05) is 31.2 Å². The summed E-state index contributed by atoms with van der Waals surface area (Å²) in [6.07, 6.45) is 4.64. The normalized spacial score (nSPS) is 34.3. The monoisotopic (exact) mass is 598 g/mol. The number of carbonyl (C=O) groups excluding carboxylic acids is 3. The van der Waals surface area contributed by atoms with Crippen LogP contribution in [0, 0.1) is 23.7 Å². The van der Waals surface area contributed by atoms with Gasteiger partial charge in [0.15, 0.2) is 11.9 Å². The molecule has 3 aliphatic heterocycles. The fourth-order valence-electron chi connectivity index (χ4n) is 6.13. The van der Waals surface area contributed by atoms with Crippen molar-refractivity contribution < 1.29 is 43.2 Å². The number of carbonyl (C=O) groups is 3. The van der Waals surface area contributed by atoms with Crippen molar-refractivity contribution in [1.82, 2.24) is 0 Å². The predicted molar refractivity (Wildman–Crippen MR) is 151 cm³/mol. The van der Waals surface area contributed by atoms with Gasteiger partial charge in [0, 0.05) is 36.0 Å². The van der Waals surface area contributed by atoms with E-state index in [0.29, 0.717) is 22.5 Å². The lowest BCUT2D eigenvalue weighted by Gasteiger charge is -2.42. The number of ketones is 1. The van der Waals surface area contributed by atoms with E-state index in [4.69, 9.17) is 35.3 Å². The molecule has 4 aliphatic rings. The number of allylic oxidation sites excluding steroid dienone is 3. The molecule has 0 bridgehead atoms. The SMILES string of the molecule is CO[C@H](C(=O)O[C@H](C)[C@H](C)/C=C/C1=CC2=C(Cl)C(=O)[C@]3(C)O[C@]4(O)[C@H](C)[C@@H](C)OC(=O)[C@@H]4[C@H]3C2=CO1)c1ccccc1. The van der Waals surface area contributed by atoms with E-state index in [-0.39, 0.29) is 11.0 Å². The number of hydrogen-bond donors (Lipinski definition) is 1. The molecule has 1 N–H and O–H groups in total. The number of aliphatic hydroxyl groups is 1. The van der Waals surface area contributed by atoms with Gasteiger partial charge in [-0.1, -0.05) is 61.9 Å². The third kappa shape index (κ3) is 4.82. The predicted octanol–water partition coefficient (Wildman–Crippen LogP) is 4.66.